The van der Waals surface area contributed by atoms with E-state index in [-0.39, 0.29) is 5.76 Å². The van der Waals surface area contributed by atoms with Gasteiger partial charge in [0.2, 0.25) is 0 Å². The van der Waals surface area contributed by atoms with Gasteiger partial charge in [-0.15, -0.1) is 11.8 Å². The summed E-state index contributed by atoms with van der Waals surface area (Å²) in [5.41, 5.74) is 2.50. The fourth-order valence-electron chi connectivity index (χ4n) is 2.66. The summed E-state index contributed by atoms with van der Waals surface area (Å²) in [5, 5.41) is 0. The molecule has 0 fully saturated rings. The highest BCUT2D eigenvalue weighted by atomic mass is 32.2. The summed E-state index contributed by atoms with van der Waals surface area (Å²) in [5.74, 6) is 0.996. The number of benzene rings is 1. The van der Waals surface area contributed by atoms with E-state index in [4.69, 9.17) is 4.42 Å². The van der Waals surface area contributed by atoms with Crippen molar-refractivity contribution in [3.05, 3.63) is 58.7 Å². The maximum absolute atomic E-state index is 12.0. The van der Waals surface area contributed by atoms with Gasteiger partial charge in [0.15, 0.2) is 11.2 Å². The highest BCUT2D eigenvalue weighted by molar-refractivity contribution is 7.99. The second kappa shape index (κ2) is 4.52. The Bertz CT molecular complexity index is 837. The molecule has 3 aromatic rings. The van der Waals surface area contributed by atoms with Gasteiger partial charge < -0.3 is 4.42 Å². The Morgan fingerprint density at radius 2 is 2.20 bits per heavy atom. The number of rotatable bonds is 2. The Labute approximate surface area is 119 Å². The van der Waals surface area contributed by atoms with Crippen LogP contribution in [-0.2, 0) is 6.54 Å². The van der Waals surface area contributed by atoms with Crippen molar-refractivity contribution in [1.82, 2.24) is 9.55 Å². The number of aromatic nitrogens is 2. The third kappa shape index (κ3) is 1.78. The van der Waals surface area contributed by atoms with Crippen LogP contribution in [-0.4, -0.2) is 15.3 Å². The van der Waals surface area contributed by atoms with Crippen LogP contribution in [0.5, 0.6) is 0 Å². The van der Waals surface area contributed by atoms with Crippen molar-refractivity contribution in [1.29, 1.82) is 0 Å². The van der Waals surface area contributed by atoms with Gasteiger partial charge in [-0.3, -0.25) is 4.57 Å². The number of hydrogen-bond acceptors (Lipinski definition) is 4. The van der Waals surface area contributed by atoms with E-state index in [2.05, 4.69) is 23.2 Å². The number of thioether (sulfide) groups is 1. The fourth-order valence-corrected chi connectivity index (χ4v) is 3.90. The summed E-state index contributed by atoms with van der Waals surface area (Å²) >= 11 is 1.84. The highest BCUT2D eigenvalue weighted by Gasteiger charge is 2.25. The van der Waals surface area contributed by atoms with Crippen molar-refractivity contribution in [3.8, 4) is 0 Å². The number of fused-ring (bicyclic) bond motifs is 2. The summed E-state index contributed by atoms with van der Waals surface area (Å²) in [6.45, 7) is 0.618. The van der Waals surface area contributed by atoms with Crippen LogP contribution in [0.1, 0.15) is 11.5 Å². The van der Waals surface area contributed by atoms with E-state index in [1.54, 1.807) is 22.9 Å². The van der Waals surface area contributed by atoms with Crippen LogP contribution in [0.3, 0.4) is 0 Å². The molecule has 1 unspecified atom stereocenters. The summed E-state index contributed by atoms with van der Waals surface area (Å²) in [6.07, 6.45) is 1.69. The molecule has 1 atom stereocenters. The van der Waals surface area contributed by atoms with Gasteiger partial charge in [-0.25, -0.2) is 9.78 Å². The lowest BCUT2D eigenvalue weighted by Crippen LogP contribution is -2.19. The Kier molecular flexibility index (Phi) is 2.67. The van der Waals surface area contributed by atoms with Crippen LogP contribution in [0.25, 0.3) is 11.2 Å². The molecule has 0 N–H and O–H groups in total. The number of hydrogen-bond donors (Lipinski definition) is 0. The zero-order chi connectivity index (χ0) is 13.5. The molecule has 4 nitrogen and oxygen atoms in total. The van der Waals surface area contributed by atoms with E-state index in [0.29, 0.717) is 23.7 Å². The van der Waals surface area contributed by atoms with Gasteiger partial charge in [-0.1, -0.05) is 18.2 Å². The van der Waals surface area contributed by atoms with E-state index in [1.165, 1.54) is 10.5 Å². The second-order valence-corrected chi connectivity index (χ2v) is 5.91. The molecule has 0 spiro atoms. The summed E-state index contributed by atoms with van der Waals surface area (Å²) < 4.78 is 6.88. The monoisotopic (exact) mass is 284 g/mol. The van der Waals surface area contributed by atoms with Gasteiger partial charge in [0.05, 0.1) is 0 Å². The minimum absolute atomic E-state index is 0.326. The molecule has 4 rings (SSSR count). The maximum atomic E-state index is 12.0. The first-order chi connectivity index (χ1) is 9.83. The maximum Gasteiger partial charge on any atom is 0.421 e. The van der Waals surface area contributed by atoms with E-state index >= 15 is 0 Å². The molecular formula is C15H12N2O2S. The van der Waals surface area contributed by atoms with Crippen molar-refractivity contribution in [3.63, 3.8) is 0 Å². The Morgan fingerprint density at radius 1 is 1.30 bits per heavy atom. The third-order valence-corrected chi connectivity index (χ3v) is 4.88. The minimum Gasteiger partial charge on any atom is -0.406 e. The topological polar surface area (TPSA) is 48.0 Å². The summed E-state index contributed by atoms with van der Waals surface area (Å²) in [7, 11) is 0. The van der Waals surface area contributed by atoms with Crippen LogP contribution in [0.15, 0.2) is 56.7 Å². The molecule has 2 aromatic heterocycles. The standard InChI is InChI=1S/C15H12N2O2S/c18-15-17(14-12(19-15)5-3-7-16-14)8-10-9-20-13-6-2-1-4-11(10)13/h1-7,10H,8-9H2. The Morgan fingerprint density at radius 3 is 3.15 bits per heavy atom. The van der Waals surface area contributed by atoms with Crippen molar-refractivity contribution in [2.45, 2.75) is 17.4 Å². The van der Waals surface area contributed by atoms with Crippen LogP contribution in [0.2, 0.25) is 0 Å². The lowest BCUT2D eigenvalue weighted by molar-refractivity contribution is 0.487. The fraction of sp³-hybridized carbons (Fsp3) is 0.200. The smallest absolute Gasteiger partial charge is 0.406 e. The van der Waals surface area contributed by atoms with Crippen molar-refractivity contribution < 1.29 is 4.42 Å². The largest absolute Gasteiger partial charge is 0.421 e. The van der Waals surface area contributed by atoms with Crippen molar-refractivity contribution >= 4 is 23.0 Å². The Balaban J connectivity index is 1.76. The SMILES string of the molecule is O=c1oc2cccnc2n1CC1CSc2ccccc21. The van der Waals surface area contributed by atoms with E-state index in [9.17, 15) is 4.79 Å². The lowest BCUT2D eigenvalue weighted by Gasteiger charge is -2.10. The molecule has 0 amide bonds. The first-order valence-electron chi connectivity index (χ1n) is 6.49. The van der Waals surface area contributed by atoms with Gasteiger partial charge in [-0.05, 0) is 23.8 Å². The molecule has 0 bridgehead atoms. The van der Waals surface area contributed by atoms with Crippen LogP contribution >= 0.6 is 11.8 Å². The quantitative estimate of drug-likeness (QED) is 0.726. The lowest BCUT2D eigenvalue weighted by atomic mass is 10.0. The highest BCUT2D eigenvalue weighted by Crippen LogP contribution is 2.40. The van der Waals surface area contributed by atoms with E-state index < -0.39 is 0 Å². The predicted molar refractivity (Wildman–Crippen MR) is 78.2 cm³/mol. The van der Waals surface area contributed by atoms with Gasteiger partial charge in [-0.2, -0.15) is 0 Å². The molecule has 0 aliphatic carbocycles. The van der Waals surface area contributed by atoms with E-state index in [1.807, 2.05) is 17.8 Å². The zero-order valence-corrected chi connectivity index (χ0v) is 11.5. The van der Waals surface area contributed by atoms with Gasteiger partial charge in [0.1, 0.15) is 0 Å². The molecule has 100 valence electrons. The average Bonchev–Trinajstić information content (AvgIpc) is 3.02. The molecule has 1 aliphatic heterocycles. The molecule has 0 saturated heterocycles. The van der Waals surface area contributed by atoms with Crippen molar-refractivity contribution in [2.75, 3.05) is 5.75 Å². The summed E-state index contributed by atoms with van der Waals surface area (Å²) in [6, 6.07) is 11.9. The van der Waals surface area contributed by atoms with Crippen LogP contribution < -0.4 is 5.76 Å². The summed E-state index contributed by atoms with van der Waals surface area (Å²) in [4.78, 5) is 17.6. The second-order valence-electron chi connectivity index (χ2n) is 4.85. The number of pyridine rings is 1. The predicted octanol–water partition coefficient (Wildman–Crippen LogP) is 2.88. The molecule has 0 saturated carbocycles. The normalized spacial score (nSPS) is 17.5. The van der Waals surface area contributed by atoms with E-state index in [0.717, 1.165) is 5.75 Å². The molecule has 20 heavy (non-hydrogen) atoms. The number of oxazole rings is 1. The molecule has 5 heteroatoms. The molecule has 1 aliphatic rings. The molecule has 3 heterocycles. The first kappa shape index (κ1) is 11.8. The number of nitrogens with zero attached hydrogens (tertiary/aromatic N) is 2. The molecule has 1 aromatic carbocycles. The molecular weight excluding hydrogens is 272 g/mol. The van der Waals surface area contributed by atoms with Crippen LogP contribution in [0, 0.1) is 0 Å². The van der Waals surface area contributed by atoms with Crippen molar-refractivity contribution in [2.24, 2.45) is 0 Å². The first-order valence-corrected chi connectivity index (χ1v) is 7.47. The van der Waals surface area contributed by atoms with Gasteiger partial charge in [0, 0.05) is 29.3 Å². The average molecular weight is 284 g/mol. The molecule has 0 radical (unpaired) electrons. The zero-order valence-electron chi connectivity index (χ0n) is 10.7. The van der Waals surface area contributed by atoms with Gasteiger partial charge >= 0.3 is 5.76 Å². The Hall–Kier alpha value is -2.01. The van der Waals surface area contributed by atoms with Gasteiger partial charge in [0.25, 0.3) is 0 Å². The minimum atomic E-state index is -0.326. The van der Waals surface area contributed by atoms with Crippen LogP contribution in [0.4, 0.5) is 0 Å². The third-order valence-electron chi connectivity index (χ3n) is 3.63.